The van der Waals surface area contributed by atoms with Crippen LogP contribution in [-0.2, 0) is 0 Å². The summed E-state index contributed by atoms with van der Waals surface area (Å²) in [4.78, 5) is 16.3. The molecule has 1 aromatic heterocycles. The van der Waals surface area contributed by atoms with Crippen molar-refractivity contribution in [1.29, 1.82) is 0 Å². The molecule has 0 fully saturated rings. The molecule has 0 saturated carbocycles. The minimum atomic E-state index is -0.321. The Balaban J connectivity index is 1.68. The normalized spacial score (nSPS) is 10.5. The van der Waals surface area contributed by atoms with E-state index >= 15 is 0 Å². The molecule has 0 atom stereocenters. The Labute approximate surface area is 148 Å². The molecule has 116 valence electrons. The van der Waals surface area contributed by atoms with Crippen LogP contribution in [0.3, 0.4) is 0 Å². The first-order chi connectivity index (χ1) is 11.0. The lowest BCUT2D eigenvalue weighted by Gasteiger charge is -2.07. The van der Waals surface area contributed by atoms with E-state index in [9.17, 15) is 9.18 Å². The Morgan fingerprint density at radius 3 is 2.70 bits per heavy atom. The highest BCUT2D eigenvalue weighted by molar-refractivity contribution is 9.10. The second-order valence-corrected chi connectivity index (χ2v) is 6.90. The fourth-order valence-electron chi connectivity index (χ4n) is 1.86. The monoisotopic (exact) mass is 409 g/mol. The number of amides is 1. The zero-order chi connectivity index (χ0) is 16.4. The lowest BCUT2D eigenvalue weighted by Crippen LogP contribution is -2.34. The minimum Gasteiger partial charge on any atom is -0.308 e. The van der Waals surface area contributed by atoms with Crippen molar-refractivity contribution in [1.82, 2.24) is 10.3 Å². The summed E-state index contributed by atoms with van der Waals surface area (Å²) in [6, 6.07) is 11.3. The number of thiocarbonyl (C=S) groups is 1. The largest absolute Gasteiger partial charge is 0.308 e. The number of nitrogens with zero attached hydrogens (tertiary/aromatic N) is 1. The zero-order valence-electron chi connectivity index (χ0n) is 11.5. The van der Waals surface area contributed by atoms with E-state index in [1.165, 1.54) is 23.5 Å². The molecule has 2 N–H and O–H groups in total. The van der Waals surface area contributed by atoms with Crippen molar-refractivity contribution in [3.63, 3.8) is 0 Å². The molecule has 0 aliphatic rings. The first kappa shape index (κ1) is 16.0. The van der Waals surface area contributed by atoms with Crippen molar-refractivity contribution < 1.29 is 9.18 Å². The van der Waals surface area contributed by atoms with E-state index in [1.54, 1.807) is 30.3 Å². The van der Waals surface area contributed by atoms with Crippen LogP contribution in [0.2, 0.25) is 0 Å². The molecular weight excluding hydrogens is 401 g/mol. The first-order valence-electron chi connectivity index (χ1n) is 6.45. The van der Waals surface area contributed by atoms with Crippen LogP contribution in [0.4, 0.5) is 9.52 Å². The lowest BCUT2D eigenvalue weighted by atomic mass is 10.2. The van der Waals surface area contributed by atoms with Crippen molar-refractivity contribution >= 4 is 65.9 Å². The van der Waals surface area contributed by atoms with E-state index in [-0.39, 0.29) is 16.8 Å². The van der Waals surface area contributed by atoms with Gasteiger partial charge in [-0.25, -0.2) is 9.37 Å². The number of hydrogen-bond acceptors (Lipinski definition) is 4. The van der Waals surface area contributed by atoms with E-state index in [1.807, 2.05) is 0 Å². The van der Waals surface area contributed by atoms with E-state index in [0.29, 0.717) is 20.9 Å². The smallest absolute Gasteiger partial charge is 0.257 e. The van der Waals surface area contributed by atoms with Gasteiger partial charge in [0.05, 0.1) is 10.2 Å². The number of rotatable bonds is 2. The van der Waals surface area contributed by atoms with Gasteiger partial charge in [-0.15, -0.1) is 0 Å². The highest BCUT2D eigenvalue weighted by Gasteiger charge is 2.10. The number of anilines is 1. The maximum absolute atomic E-state index is 13.2. The molecule has 0 aliphatic carbocycles. The Bertz CT molecular complexity index is 895. The van der Waals surface area contributed by atoms with Crippen molar-refractivity contribution in [3.8, 4) is 0 Å². The zero-order valence-corrected chi connectivity index (χ0v) is 14.7. The highest BCUT2D eigenvalue weighted by Crippen LogP contribution is 2.26. The quantitative estimate of drug-likeness (QED) is 0.618. The molecule has 0 spiro atoms. The molecule has 3 rings (SSSR count). The standard InChI is InChI=1S/C15H9BrFN3OS2/c16-9-3-1-8(2-4-9)13(21)19-14(22)20-15-18-11-6-5-10(17)7-12(11)23-15/h1-7H,(H2,18,19,20,21,22). The van der Waals surface area contributed by atoms with Gasteiger partial charge in [0.1, 0.15) is 5.82 Å². The van der Waals surface area contributed by atoms with Crippen LogP contribution in [0.25, 0.3) is 10.2 Å². The number of carbonyl (C=O) groups is 1. The van der Waals surface area contributed by atoms with Gasteiger partial charge in [0.25, 0.3) is 5.91 Å². The fraction of sp³-hybridized carbons (Fsp3) is 0. The first-order valence-corrected chi connectivity index (χ1v) is 8.47. The molecule has 0 unspecified atom stereocenters. The number of thiazole rings is 1. The number of nitrogens with one attached hydrogen (secondary N) is 2. The number of benzene rings is 2. The second kappa shape index (κ2) is 6.69. The molecule has 0 saturated heterocycles. The molecule has 1 heterocycles. The molecule has 0 aliphatic heterocycles. The molecule has 0 bridgehead atoms. The van der Waals surface area contributed by atoms with Gasteiger partial charge in [0, 0.05) is 10.0 Å². The van der Waals surface area contributed by atoms with Gasteiger partial charge in [-0.1, -0.05) is 27.3 Å². The maximum Gasteiger partial charge on any atom is 0.257 e. The molecule has 23 heavy (non-hydrogen) atoms. The summed E-state index contributed by atoms with van der Waals surface area (Å²) in [6.45, 7) is 0. The predicted octanol–water partition coefficient (Wildman–Crippen LogP) is 4.32. The summed E-state index contributed by atoms with van der Waals surface area (Å²) >= 11 is 9.67. The second-order valence-electron chi connectivity index (χ2n) is 4.55. The van der Waals surface area contributed by atoms with Gasteiger partial charge in [0.2, 0.25) is 0 Å². The van der Waals surface area contributed by atoms with Gasteiger partial charge in [0.15, 0.2) is 10.2 Å². The summed E-state index contributed by atoms with van der Waals surface area (Å²) < 4.78 is 14.8. The average molecular weight is 410 g/mol. The summed E-state index contributed by atoms with van der Waals surface area (Å²) in [7, 11) is 0. The molecule has 8 heteroatoms. The van der Waals surface area contributed by atoms with E-state index < -0.39 is 0 Å². The number of aromatic nitrogens is 1. The van der Waals surface area contributed by atoms with Crippen LogP contribution in [-0.4, -0.2) is 16.0 Å². The van der Waals surface area contributed by atoms with Crippen molar-refractivity contribution in [3.05, 3.63) is 58.3 Å². The molecule has 3 aromatic rings. The highest BCUT2D eigenvalue weighted by atomic mass is 79.9. The van der Waals surface area contributed by atoms with Crippen LogP contribution in [0.1, 0.15) is 10.4 Å². The predicted molar refractivity (Wildman–Crippen MR) is 97.4 cm³/mol. The van der Waals surface area contributed by atoms with E-state index in [4.69, 9.17) is 12.2 Å². The molecule has 0 radical (unpaired) electrons. The maximum atomic E-state index is 13.2. The van der Waals surface area contributed by atoms with E-state index in [0.717, 1.165) is 4.47 Å². The van der Waals surface area contributed by atoms with Crippen LogP contribution in [0.15, 0.2) is 46.9 Å². The van der Waals surface area contributed by atoms with Gasteiger partial charge in [-0.05, 0) is 54.7 Å². The summed E-state index contributed by atoms with van der Waals surface area (Å²) in [6.07, 6.45) is 0. The Hall–Kier alpha value is -1.90. The number of fused-ring (bicyclic) bond motifs is 1. The Morgan fingerprint density at radius 1 is 1.22 bits per heavy atom. The summed E-state index contributed by atoms with van der Waals surface area (Å²) in [5.41, 5.74) is 1.16. The molecule has 1 amide bonds. The molecular formula is C15H9BrFN3OS2. The molecule has 2 aromatic carbocycles. The number of hydrogen-bond donors (Lipinski definition) is 2. The Morgan fingerprint density at radius 2 is 1.96 bits per heavy atom. The van der Waals surface area contributed by atoms with Crippen LogP contribution < -0.4 is 10.6 Å². The number of halogens is 2. The molecule has 4 nitrogen and oxygen atoms in total. The number of carbonyl (C=O) groups excluding carboxylic acids is 1. The third kappa shape index (κ3) is 3.90. The third-order valence-corrected chi connectivity index (χ3v) is 4.57. The lowest BCUT2D eigenvalue weighted by molar-refractivity contribution is 0.0977. The van der Waals surface area contributed by atoms with Gasteiger partial charge in [-0.2, -0.15) is 0 Å². The van der Waals surface area contributed by atoms with Crippen molar-refractivity contribution in [2.75, 3.05) is 5.32 Å². The summed E-state index contributed by atoms with van der Waals surface area (Å²) in [5.74, 6) is -0.638. The van der Waals surface area contributed by atoms with Gasteiger partial charge in [-0.3, -0.25) is 10.1 Å². The van der Waals surface area contributed by atoms with Crippen LogP contribution >= 0.6 is 39.5 Å². The summed E-state index contributed by atoms with van der Waals surface area (Å²) in [5, 5.41) is 6.05. The van der Waals surface area contributed by atoms with Gasteiger partial charge < -0.3 is 5.32 Å². The topological polar surface area (TPSA) is 54.0 Å². The minimum absolute atomic E-state index is 0.137. The Kier molecular flexibility index (Phi) is 4.65. The average Bonchev–Trinajstić information content (AvgIpc) is 2.88. The fourth-order valence-corrected chi connectivity index (χ4v) is 3.27. The SMILES string of the molecule is O=C(NC(=S)Nc1nc2ccc(F)cc2s1)c1ccc(Br)cc1. The van der Waals surface area contributed by atoms with Gasteiger partial charge >= 0.3 is 0 Å². The van der Waals surface area contributed by atoms with E-state index in [2.05, 4.69) is 31.5 Å². The van der Waals surface area contributed by atoms with Crippen LogP contribution in [0, 0.1) is 5.82 Å². The van der Waals surface area contributed by atoms with Crippen LogP contribution in [0.5, 0.6) is 0 Å². The van der Waals surface area contributed by atoms with Crippen molar-refractivity contribution in [2.45, 2.75) is 0 Å². The van der Waals surface area contributed by atoms with Crippen molar-refractivity contribution in [2.24, 2.45) is 0 Å². The third-order valence-electron chi connectivity index (χ3n) is 2.90.